The van der Waals surface area contributed by atoms with Crippen molar-refractivity contribution in [2.24, 2.45) is 5.73 Å². The normalized spacial score (nSPS) is 20.7. The molecule has 1 amide bonds. The first-order chi connectivity index (χ1) is 13.7. The molecular formula is C20H28N6O2. The van der Waals surface area contributed by atoms with Crippen LogP contribution in [0.5, 0.6) is 0 Å². The minimum Gasteiger partial charge on any atom is -0.381 e. The SMILES string of the molecule is NC(=O)c1ccc(Cn2c(C3CCCOC3)nnc2N2CCCCCC2)cn1. The summed E-state index contributed by atoms with van der Waals surface area (Å²) >= 11 is 0. The lowest BCUT2D eigenvalue weighted by Crippen LogP contribution is -2.28. The van der Waals surface area contributed by atoms with Gasteiger partial charge in [-0.25, -0.2) is 0 Å². The molecule has 1 unspecified atom stereocenters. The molecule has 28 heavy (non-hydrogen) atoms. The number of ether oxygens (including phenoxy) is 1. The summed E-state index contributed by atoms with van der Waals surface area (Å²) in [5.74, 6) is 1.67. The third-order valence-electron chi connectivity index (χ3n) is 5.59. The van der Waals surface area contributed by atoms with E-state index < -0.39 is 5.91 Å². The lowest BCUT2D eigenvalue weighted by atomic mass is 10.0. The van der Waals surface area contributed by atoms with Gasteiger partial charge < -0.3 is 15.4 Å². The average molecular weight is 384 g/mol. The molecule has 4 rings (SSSR count). The van der Waals surface area contributed by atoms with Gasteiger partial charge in [0, 0.05) is 31.8 Å². The van der Waals surface area contributed by atoms with Gasteiger partial charge in [0.1, 0.15) is 11.5 Å². The predicted octanol–water partition coefficient (Wildman–Crippen LogP) is 2.09. The third kappa shape index (κ3) is 4.16. The second kappa shape index (κ2) is 8.68. The van der Waals surface area contributed by atoms with Gasteiger partial charge in [-0.3, -0.25) is 14.3 Å². The van der Waals surface area contributed by atoms with Crippen LogP contribution in [0.2, 0.25) is 0 Å². The number of aromatic nitrogens is 4. The Balaban J connectivity index is 1.64. The van der Waals surface area contributed by atoms with E-state index >= 15 is 0 Å². The summed E-state index contributed by atoms with van der Waals surface area (Å²) < 4.78 is 7.91. The van der Waals surface area contributed by atoms with Crippen molar-refractivity contribution in [3.63, 3.8) is 0 Å². The highest BCUT2D eigenvalue weighted by molar-refractivity contribution is 5.90. The number of primary amides is 1. The van der Waals surface area contributed by atoms with Crippen LogP contribution in [-0.4, -0.2) is 52.0 Å². The maximum absolute atomic E-state index is 11.3. The van der Waals surface area contributed by atoms with Crippen molar-refractivity contribution in [2.75, 3.05) is 31.2 Å². The highest BCUT2D eigenvalue weighted by Crippen LogP contribution is 2.28. The van der Waals surface area contributed by atoms with Gasteiger partial charge in [-0.2, -0.15) is 0 Å². The van der Waals surface area contributed by atoms with Crippen molar-refractivity contribution in [3.8, 4) is 0 Å². The Morgan fingerprint density at radius 2 is 1.96 bits per heavy atom. The number of nitrogens with zero attached hydrogens (tertiary/aromatic N) is 5. The van der Waals surface area contributed by atoms with E-state index in [1.165, 1.54) is 25.7 Å². The molecule has 8 heteroatoms. The van der Waals surface area contributed by atoms with Gasteiger partial charge in [-0.15, -0.1) is 10.2 Å². The summed E-state index contributed by atoms with van der Waals surface area (Å²) in [4.78, 5) is 17.8. The highest BCUT2D eigenvalue weighted by Gasteiger charge is 2.26. The standard InChI is InChI=1S/C20H28N6O2/c21-18(27)17-8-7-15(12-22-17)13-26-19(16-6-5-11-28-14-16)23-24-20(26)25-9-3-1-2-4-10-25/h7-8,12,16H,1-6,9-11,13-14H2,(H2,21,27). The Morgan fingerprint density at radius 1 is 1.14 bits per heavy atom. The van der Waals surface area contributed by atoms with Crippen LogP contribution in [0.25, 0.3) is 0 Å². The van der Waals surface area contributed by atoms with Crippen molar-refractivity contribution < 1.29 is 9.53 Å². The van der Waals surface area contributed by atoms with E-state index in [9.17, 15) is 4.79 Å². The van der Waals surface area contributed by atoms with Crippen molar-refractivity contribution in [3.05, 3.63) is 35.4 Å². The largest absolute Gasteiger partial charge is 0.381 e. The number of carbonyl (C=O) groups is 1. The number of carbonyl (C=O) groups excluding carboxylic acids is 1. The molecule has 2 aliphatic rings. The number of pyridine rings is 1. The molecule has 2 aromatic heterocycles. The van der Waals surface area contributed by atoms with Crippen LogP contribution >= 0.6 is 0 Å². The number of hydrogen-bond acceptors (Lipinski definition) is 6. The first kappa shape index (κ1) is 18.9. The van der Waals surface area contributed by atoms with Gasteiger partial charge in [0.15, 0.2) is 0 Å². The van der Waals surface area contributed by atoms with E-state index in [1.807, 2.05) is 6.07 Å². The fourth-order valence-electron chi connectivity index (χ4n) is 4.06. The molecule has 150 valence electrons. The zero-order chi connectivity index (χ0) is 19.3. The van der Waals surface area contributed by atoms with Crippen molar-refractivity contribution in [2.45, 2.75) is 51.0 Å². The predicted molar refractivity (Wildman–Crippen MR) is 105 cm³/mol. The molecular weight excluding hydrogens is 356 g/mol. The van der Waals surface area contributed by atoms with E-state index in [-0.39, 0.29) is 11.6 Å². The second-order valence-corrected chi connectivity index (χ2v) is 7.68. The first-order valence-corrected chi connectivity index (χ1v) is 10.2. The number of rotatable bonds is 5. The fourth-order valence-corrected chi connectivity index (χ4v) is 4.06. The number of hydrogen-bond donors (Lipinski definition) is 1. The Kier molecular flexibility index (Phi) is 5.85. The molecule has 0 bridgehead atoms. The van der Waals surface area contributed by atoms with Gasteiger partial charge in [-0.05, 0) is 37.3 Å². The topological polar surface area (TPSA) is 99.2 Å². The van der Waals surface area contributed by atoms with Gasteiger partial charge in [0.2, 0.25) is 5.95 Å². The summed E-state index contributed by atoms with van der Waals surface area (Å²) in [6.45, 7) is 4.16. The number of anilines is 1. The molecule has 0 saturated carbocycles. The minimum absolute atomic E-state index is 0.264. The molecule has 2 saturated heterocycles. The molecule has 0 aliphatic carbocycles. The number of amides is 1. The van der Waals surface area contributed by atoms with Crippen LogP contribution in [-0.2, 0) is 11.3 Å². The monoisotopic (exact) mass is 384 g/mol. The Bertz CT molecular complexity index is 790. The summed E-state index contributed by atoms with van der Waals surface area (Å²) in [7, 11) is 0. The van der Waals surface area contributed by atoms with Crippen molar-refractivity contribution >= 4 is 11.9 Å². The molecule has 0 radical (unpaired) electrons. The lowest BCUT2D eigenvalue weighted by Gasteiger charge is -2.25. The zero-order valence-electron chi connectivity index (χ0n) is 16.2. The molecule has 0 aromatic carbocycles. The van der Waals surface area contributed by atoms with Crippen LogP contribution in [0, 0.1) is 0 Å². The van der Waals surface area contributed by atoms with Crippen LogP contribution in [0.1, 0.15) is 66.3 Å². The van der Waals surface area contributed by atoms with E-state index in [2.05, 4.69) is 24.6 Å². The fraction of sp³-hybridized carbons (Fsp3) is 0.600. The zero-order valence-corrected chi connectivity index (χ0v) is 16.2. The highest BCUT2D eigenvalue weighted by atomic mass is 16.5. The second-order valence-electron chi connectivity index (χ2n) is 7.68. The van der Waals surface area contributed by atoms with Crippen molar-refractivity contribution in [1.82, 2.24) is 19.7 Å². The Labute approximate surface area is 165 Å². The molecule has 2 N–H and O–H groups in total. The maximum Gasteiger partial charge on any atom is 0.267 e. The van der Waals surface area contributed by atoms with Gasteiger partial charge >= 0.3 is 0 Å². The van der Waals surface area contributed by atoms with Crippen LogP contribution < -0.4 is 10.6 Å². The molecule has 2 fully saturated rings. The molecule has 2 aromatic rings. The summed E-state index contributed by atoms with van der Waals surface area (Å²) in [5, 5.41) is 9.17. The molecule has 0 spiro atoms. The molecule has 4 heterocycles. The van der Waals surface area contributed by atoms with Gasteiger partial charge in [-0.1, -0.05) is 18.9 Å². The lowest BCUT2D eigenvalue weighted by molar-refractivity contribution is 0.0770. The smallest absolute Gasteiger partial charge is 0.267 e. The summed E-state index contributed by atoms with van der Waals surface area (Å²) in [6.07, 6.45) is 8.74. The van der Waals surface area contributed by atoms with E-state index in [1.54, 1.807) is 12.3 Å². The summed E-state index contributed by atoms with van der Waals surface area (Å²) in [6, 6.07) is 3.58. The van der Waals surface area contributed by atoms with E-state index in [4.69, 9.17) is 10.5 Å². The molecule has 1 atom stereocenters. The Hall–Kier alpha value is -2.48. The van der Waals surface area contributed by atoms with Gasteiger partial charge in [0.05, 0.1) is 13.2 Å². The van der Waals surface area contributed by atoms with Gasteiger partial charge in [0.25, 0.3) is 5.91 Å². The number of nitrogens with two attached hydrogens (primary N) is 1. The maximum atomic E-state index is 11.3. The quantitative estimate of drug-likeness (QED) is 0.847. The Morgan fingerprint density at radius 3 is 2.61 bits per heavy atom. The van der Waals surface area contributed by atoms with E-state index in [0.717, 1.165) is 49.9 Å². The van der Waals surface area contributed by atoms with Crippen molar-refractivity contribution in [1.29, 1.82) is 0 Å². The minimum atomic E-state index is -0.513. The molecule has 8 nitrogen and oxygen atoms in total. The third-order valence-corrected chi connectivity index (χ3v) is 5.59. The van der Waals surface area contributed by atoms with Crippen LogP contribution in [0.4, 0.5) is 5.95 Å². The average Bonchev–Trinajstić information content (AvgIpc) is 2.94. The summed E-state index contributed by atoms with van der Waals surface area (Å²) in [5.41, 5.74) is 6.59. The van der Waals surface area contributed by atoms with E-state index in [0.29, 0.717) is 13.2 Å². The van der Waals surface area contributed by atoms with Crippen LogP contribution in [0.3, 0.4) is 0 Å². The molecule has 2 aliphatic heterocycles. The first-order valence-electron chi connectivity index (χ1n) is 10.2. The van der Waals surface area contributed by atoms with Crippen LogP contribution in [0.15, 0.2) is 18.3 Å².